The lowest BCUT2D eigenvalue weighted by atomic mass is 10.1. The lowest BCUT2D eigenvalue weighted by Gasteiger charge is -2.13. The largest absolute Gasteiger partial charge is 0.334 e. The van der Waals surface area contributed by atoms with Crippen molar-refractivity contribution in [3.63, 3.8) is 0 Å². The number of imide groups is 2. The first kappa shape index (κ1) is 12.3. The van der Waals surface area contributed by atoms with Gasteiger partial charge in [-0.25, -0.2) is 4.79 Å². The van der Waals surface area contributed by atoms with Gasteiger partial charge in [0.25, 0.3) is 0 Å². The molecule has 2 aromatic rings. The van der Waals surface area contributed by atoms with E-state index < -0.39 is 17.8 Å². The Morgan fingerprint density at radius 3 is 2.25 bits per heavy atom. The second-order valence-corrected chi connectivity index (χ2v) is 4.72. The van der Waals surface area contributed by atoms with Crippen molar-refractivity contribution in [1.29, 1.82) is 0 Å². The Balaban J connectivity index is 1.92. The second-order valence-electron chi connectivity index (χ2n) is 4.72. The van der Waals surface area contributed by atoms with E-state index in [9.17, 15) is 14.4 Å². The van der Waals surface area contributed by atoms with Gasteiger partial charge in [-0.1, -0.05) is 36.4 Å². The summed E-state index contributed by atoms with van der Waals surface area (Å²) in [5.41, 5.74) is 0.813. The monoisotopic (exact) mass is 268 g/mol. The van der Waals surface area contributed by atoms with E-state index in [0.717, 1.165) is 26.1 Å². The van der Waals surface area contributed by atoms with Crippen molar-refractivity contribution in [3.05, 3.63) is 48.0 Å². The number of carbonyl (C=O) groups is 3. The lowest BCUT2D eigenvalue weighted by molar-refractivity contribution is -0.143. The predicted octanol–water partition coefficient (Wildman–Crippen LogP) is 1.76. The van der Waals surface area contributed by atoms with Gasteiger partial charge in [-0.15, -0.1) is 0 Å². The van der Waals surface area contributed by atoms with Gasteiger partial charge in [-0.05, 0) is 22.4 Å². The summed E-state index contributed by atoms with van der Waals surface area (Å²) in [6, 6.07) is 12.9. The molecule has 3 rings (SSSR count). The van der Waals surface area contributed by atoms with Crippen LogP contribution in [0.2, 0.25) is 0 Å². The number of hydrogen-bond acceptors (Lipinski definition) is 3. The maximum atomic E-state index is 11.8. The van der Waals surface area contributed by atoms with E-state index >= 15 is 0 Å². The molecule has 1 aliphatic heterocycles. The van der Waals surface area contributed by atoms with Crippen molar-refractivity contribution in [2.24, 2.45) is 0 Å². The summed E-state index contributed by atoms with van der Waals surface area (Å²) < 4.78 is 0. The van der Waals surface area contributed by atoms with Crippen LogP contribution in [0.3, 0.4) is 0 Å². The molecule has 0 aromatic heterocycles. The molecule has 0 spiro atoms. The highest BCUT2D eigenvalue weighted by Gasteiger charge is 2.41. The Kier molecular flexibility index (Phi) is 2.75. The number of benzene rings is 2. The van der Waals surface area contributed by atoms with Crippen LogP contribution in [0, 0.1) is 0 Å². The summed E-state index contributed by atoms with van der Waals surface area (Å²) in [7, 11) is 1.31. The van der Waals surface area contributed by atoms with Gasteiger partial charge < -0.3 is 0 Å². The van der Waals surface area contributed by atoms with E-state index in [1.807, 2.05) is 42.5 Å². The van der Waals surface area contributed by atoms with Crippen LogP contribution in [0.15, 0.2) is 42.5 Å². The van der Waals surface area contributed by atoms with Gasteiger partial charge in [0, 0.05) is 7.05 Å². The standard InChI is InChI=1S/C15H12N2O3/c1-16-13(18)14(19)17(15(16)20)9-10-6-7-11-4-2-3-5-12(11)8-10/h2-8H,9H2,1H3. The van der Waals surface area contributed by atoms with Crippen molar-refractivity contribution in [2.75, 3.05) is 7.05 Å². The molecule has 0 unspecified atom stereocenters. The Hall–Kier alpha value is -2.69. The first-order valence-electron chi connectivity index (χ1n) is 6.19. The maximum absolute atomic E-state index is 11.8. The van der Waals surface area contributed by atoms with E-state index in [2.05, 4.69) is 0 Å². The highest BCUT2D eigenvalue weighted by molar-refractivity contribution is 6.44. The molecule has 0 N–H and O–H groups in total. The van der Waals surface area contributed by atoms with Crippen LogP contribution >= 0.6 is 0 Å². The van der Waals surface area contributed by atoms with Crippen LogP contribution in [-0.4, -0.2) is 34.7 Å². The third kappa shape index (κ3) is 1.84. The zero-order valence-electron chi connectivity index (χ0n) is 10.9. The van der Waals surface area contributed by atoms with Crippen molar-refractivity contribution < 1.29 is 14.4 Å². The van der Waals surface area contributed by atoms with Crippen LogP contribution in [0.25, 0.3) is 10.8 Å². The second kappa shape index (κ2) is 4.45. The molecule has 0 saturated carbocycles. The molecule has 5 nitrogen and oxygen atoms in total. The Labute approximate surface area is 115 Å². The molecule has 5 heteroatoms. The number of fused-ring (bicyclic) bond motifs is 1. The molecule has 0 bridgehead atoms. The van der Waals surface area contributed by atoms with Gasteiger partial charge in [0.05, 0.1) is 6.54 Å². The molecule has 1 fully saturated rings. The quantitative estimate of drug-likeness (QED) is 0.616. The van der Waals surface area contributed by atoms with Crippen LogP contribution in [0.4, 0.5) is 4.79 Å². The zero-order chi connectivity index (χ0) is 14.3. The third-order valence-electron chi connectivity index (χ3n) is 3.41. The summed E-state index contributed by atoms with van der Waals surface area (Å²) in [6.45, 7) is 0.110. The van der Waals surface area contributed by atoms with Gasteiger partial charge >= 0.3 is 17.8 Å². The van der Waals surface area contributed by atoms with Crippen LogP contribution in [-0.2, 0) is 16.1 Å². The molecule has 1 heterocycles. The zero-order valence-corrected chi connectivity index (χ0v) is 10.9. The summed E-state index contributed by atoms with van der Waals surface area (Å²) >= 11 is 0. The number of rotatable bonds is 2. The summed E-state index contributed by atoms with van der Waals surface area (Å²) in [6.07, 6.45) is 0. The molecule has 2 aromatic carbocycles. The van der Waals surface area contributed by atoms with Crippen molar-refractivity contribution >= 4 is 28.6 Å². The van der Waals surface area contributed by atoms with Crippen LogP contribution in [0.5, 0.6) is 0 Å². The molecular weight excluding hydrogens is 256 g/mol. The Bertz CT molecular complexity index is 739. The van der Waals surface area contributed by atoms with E-state index in [4.69, 9.17) is 0 Å². The lowest BCUT2D eigenvalue weighted by Crippen LogP contribution is -2.30. The average molecular weight is 268 g/mol. The predicted molar refractivity (Wildman–Crippen MR) is 72.7 cm³/mol. The fraction of sp³-hybridized carbons (Fsp3) is 0.133. The molecule has 0 aliphatic carbocycles. The maximum Gasteiger partial charge on any atom is 0.334 e. The van der Waals surface area contributed by atoms with E-state index in [-0.39, 0.29) is 6.54 Å². The van der Waals surface area contributed by atoms with Gasteiger partial charge in [-0.2, -0.15) is 0 Å². The highest BCUT2D eigenvalue weighted by atomic mass is 16.2. The first-order valence-corrected chi connectivity index (χ1v) is 6.19. The number of nitrogens with zero attached hydrogens (tertiary/aromatic N) is 2. The molecule has 4 amide bonds. The summed E-state index contributed by atoms with van der Waals surface area (Å²) in [4.78, 5) is 36.8. The van der Waals surface area contributed by atoms with Crippen molar-refractivity contribution in [3.8, 4) is 0 Å². The van der Waals surface area contributed by atoms with Crippen LogP contribution < -0.4 is 0 Å². The summed E-state index contributed by atoms with van der Waals surface area (Å²) in [5.74, 6) is -1.55. The summed E-state index contributed by atoms with van der Waals surface area (Å²) in [5, 5.41) is 2.12. The Morgan fingerprint density at radius 2 is 1.60 bits per heavy atom. The van der Waals surface area contributed by atoms with Gasteiger partial charge in [0.1, 0.15) is 0 Å². The number of urea groups is 1. The minimum absolute atomic E-state index is 0.110. The molecule has 0 atom stereocenters. The van der Waals surface area contributed by atoms with E-state index in [0.29, 0.717) is 0 Å². The first-order chi connectivity index (χ1) is 9.58. The number of amides is 4. The van der Waals surface area contributed by atoms with Gasteiger partial charge in [0.15, 0.2) is 0 Å². The smallest absolute Gasteiger partial charge is 0.263 e. The normalized spacial score (nSPS) is 15.6. The van der Waals surface area contributed by atoms with Gasteiger partial charge in [-0.3, -0.25) is 19.4 Å². The topological polar surface area (TPSA) is 57.7 Å². The van der Waals surface area contributed by atoms with Crippen molar-refractivity contribution in [2.45, 2.75) is 6.54 Å². The fourth-order valence-electron chi connectivity index (χ4n) is 2.27. The molecule has 20 heavy (non-hydrogen) atoms. The average Bonchev–Trinajstić information content (AvgIpc) is 2.65. The number of hydrogen-bond donors (Lipinski definition) is 0. The Morgan fingerprint density at radius 1 is 0.900 bits per heavy atom. The SMILES string of the molecule is CN1C(=O)C(=O)N(Cc2ccc3ccccc3c2)C1=O. The minimum atomic E-state index is -0.782. The fourth-order valence-corrected chi connectivity index (χ4v) is 2.27. The van der Waals surface area contributed by atoms with E-state index in [1.165, 1.54) is 7.05 Å². The molecular formula is C15H12N2O3. The molecule has 1 aliphatic rings. The molecule has 0 radical (unpaired) electrons. The molecule has 1 saturated heterocycles. The van der Waals surface area contributed by atoms with E-state index in [1.54, 1.807) is 0 Å². The highest BCUT2D eigenvalue weighted by Crippen LogP contribution is 2.19. The molecule has 100 valence electrons. The van der Waals surface area contributed by atoms with Gasteiger partial charge in [0.2, 0.25) is 0 Å². The van der Waals surface area contributed by atoms with Crippen molar-refractivity contribution in [1.82, 2.24) is 9.80 Å². The number of carbonyl (C=O) groups excluding carboxylic acids is 3. The van der Waals surface area contributed by atoms with Crippen LogP contribution in [0.1, 0.15) is 5.56 Å². The number of likely N-dealkylation sites (N-methyl/N-ethyl adjacent to an activating group) is 1. The third-order valence-corrected chi connectivity index (χ3v) is 3.41. The minimum Gasteiger partial charge on any atom is -0.263 e.